The van der Waals surface area contributed by atoms with Crippen molar-refractivity contribution in [3.05, 3.63) is 53.7 Å². The second kappa shape index (κ2) is 6.75. The first-order valence-electron chi connectivity index (χ1n) is 9.42. The molecule has 4 aromatic rings. The minimum absolute atomic E-state index is 0.508. The highest BCUT2D eigenvalue weighted by molar-refractivity contribution is 7.13. The Kier molecular flexibility index (Phi) is 4.18. The van der Waals surface area contributed by atoms with Crippen LogP contribution in [0.2, 0.25) is 0 Å². The molecule has 1 fully saturated rings. The summed E-state index contributed by atoms with van der Waals surface area (Å²) in [6.07, 6.45) is 5.10. The number of aromatic nitrogens is 4. The molecule has 0 amide bonds. The average Bonchev–Trinajstić information content (AvgIpc) is 3.40. The minimum Gasteiger partial charge on any atom is -0.386 e. The van der Waals surface area contributed by atoms with E-state index in [2.05, 4.69) is 5.10 Å². The number of carbonyl (C=O) groups excluding carboxylic acids is 1. The second-order valence-electron chi connectivity index (χ2n) is 7.31. The summed E-state index contributed by atoms with van der Waals surface area (Å²) in [5.41, 5.74) is 2.82. The van der Waals surface area contributed by atoms with Crippen LogP contribution in [-0.4, -0.2) is 49.7 Å². The van der Waals surface area contributed by atoms with Crippen molar-refractivity contribution in [3.63, 3.8) is 0 Å². The van der Waals surface area contributed by atoms with Crippen molar-refractivity contribution in [2.75, 3.05) is 18.0 Å². The van der Waals surface area contributed by atoms with Crippen LogP contribution in [-0.2, 0) is 0 Å². The Morgan fingerprint density at radius 3 is 2.83 bits per heavy atom. The number of fused-ring (bicyclic) bond motifs is 1. The Hall–Kier alpha value is -3.10. The number of aldehydes is 1. The van der Waals surface area contributed by atoms with Crippen molar-refractivity contribution in [3.8, 4) is 21.8 Å². The van der Waals surface area contributed by atoms with Gasteiger partial charge in [-0.15, -0.1) is 11.3 Å². The molecule has 5 rings (SSSR count). The van der Waals surface area contributed by atoms with Gasteiger partial charge in [0.25, 0.3) is 0 Å². The van der Waals surface area contributed by atoms with E-state index in [0.29, 0.717) is 42.2 Å². The number of aliphatic hydroxyl groups is 1. The third-order valence-electron chi connectivity index (χ3n) is 5.34. The van der Waals surface area contributed by atoms with Crippen LogP contribution in [0, 0.1) is 0 Å². The Balaban J connectivity index is 1.58. The van der Waals surface area contributed by atoms with Gasteiger partial charge >= 0.3 is 0 Å². The number of rotatable bonds is 5. The highest BCUT2D eigenvalue weighted by Crippen LogP contribution is 2.32. The molecule has 4 aromatic heterocycles. The van der Waals surface area contributed by atoms with E-state index < -0.39 is 5.60 Å². The number of nitrogens with zero attached hydrogens (tertiary/aromatic N) is 5. The molecule has 0 unspecified atom stereocenters. The van der Waals surface area contributed by atoms with Crippen LogP contribution in [0.4, 0.5) is 5.82 Å². The molecule has 0 saturated carbocycles. The summed E-state index contributed by atoms with van der Waals surface area (Å²) in [7, 11) is 0. The molecule has 0 aromatic carbocycles. The lowest BCUT2D eigenvalue weighted by Crippen LogP contribution is -2.61. The van der Waals surface area contributed by atoms with Crippen LogP contribution in [0.5, 0.6) is 0 Å². The smallest absolute Gasteiger partial charge is 0.165 e. The van der Waals surface area contributed by atoms with Gasteiger partial charge in [0, 0.05) is 24.8 Å². The Labute approximate surface area is 171 Å². The van der Waals surface area contributed by atoms with Crippen LogP contribution in [0.1, 0.15) is 23.7 Å². The Morgan fingerprint density at radius 2 is 2.10 bits per heavy atom. The van der Waals surface area contributed by atoms with Gasteiger partial charge in [-0.2, -0.15) is 5.10 Å². The topological polar surface area (TPSA) is 83.6 Å². The highest BCUT2D eigenvalue weighted by atomic mass is 32.1. The van der Waals surface area contributed by atoms with E-state index in [1.807, 2.05) is 41.6 Å². The third-order valence-corrected chi connectivity index (χ3v) is 6.23. The summed E-state index contributed by atoms with van der Waals surface area (Å²) >= 11 is 1.63. The molecule has 1 aliphatic rings. The maximum Gasteiger partial charge on any atom is 0.165 e. The molecule has 0 spiro atoms. The molecule has 0 atom stereocenters. The van der Waals surface area contributed by atoms with E-state index in [1.54, 1.807) is 34.2 Å². The molecular weight excluding hydrogens is 386 g/mol. The Bertz CT molecular complexity index is 1200. The van der Waals surface area contributed by atoms with Crippen molar-refractivity contribution < 1.29 is 9.90 Å². The van der Waals surface area contributed by atoms with E-state index in [1.165, 1.54) is 0 Å². The van der Waals surface area contributed by atoms with E-state index >= 15 is 0 Å². The van der Waals surface area contributed by atoms with Gasteiger partial charge in [0.1, 0.15) is 12.1 Å². The number of β-amino-alcohol motifs (C(OH)–C–C–N with tert-alkyl or cyclic N) is 1. The van der Waals surface area contributed by atoms with Gasteiger partial charge in [0.05, 0.1) is 33.6 Å². The average molecular weight is 405 g/mol. The fraction of sp³-hybridized carbons (Fsp3) is 0.238. The van der Waals surface area contributed by atoms with E-state index in [9.17, 15) is 9.90 Å². The number of hydrogen-bond acceptors (Lipinski definition) is 7. The zero-order valence-electron chi connectivity index (χ0n) is 15.8. The lowest BCUT2D eigenvalue weighted by Gasteiger charge is -2.46. The SMILES string of the molecule is CCC1(O)CN(c2cc(C=O)cc(-c3cnn4ccc(-c5cccs5)nc34)n2)C1. The van der Waals surface area contributed by atoms with Crippen molar-refractivity contribution in [1.82, 2.24) is 19.6 Å². The fourth-order valence-electron chi connectivity index (χ4n) is 3.57. The van der Waals surface area contributed by atoms with Crippen LogP contribution < -0.4 is 4.90 Å². The first kappa shape index (κ1) is 18.0. The first-order chi connectivity index (χ1) is 14.1. The van der Waals surface area contributed by atoms with Crippen LogP contribution in [0.25, 0.3) is 27.5 Å². The van der Waals surface area contributed by atoms with Gasteiger partial charge < -0.3 is 10.0 Å². The predicted molar refractivity (Wildman–Crippen MR) is 112 cm³/mol. The van der Waals surface area contributed by atoms with Gasteiger partial charge in [-0.1, -0.05) is 13.0 Å². The first-order valence-corrected chi connectivity index (χ1v) is 10.3. The summed E-state index contributed by atoms with van der Waals surface area (Å²) in [5.74, 6) is 0.677. The van der Waals surface area contributed by atoms with Gasteiger partial charge in [-0.05, 0) is 36.1 Å². The normalized spacial score (nSPS) is 15.4. The van der Waals surface area contributed by atoms with E-state index in [4.69, 9.17) is 9.97 Å². The standard InChI is InChI=1S/C21H19N5O2S/c1-2-21(28)12-25(13-21)19-9-14(11-27)8-17(23-19)15-10-22-26-6-5-16(24-20(15)26)18-4-3-7-29-18/h3-11,28H,2,12-13H2,1H3. The monoisotopic (exact) mass is 405 g/mol. The quantitative estimate of drug-likeness (QED) is 0.513. The van der Waals surface area contributed by atoms with Crippen molar-refractivity contribution in [2.45, 2.75) is 18.9 Å². The largest absolute Gasteiger partial charge is 0.386 e. The maximum atomic E-state index is 11.5. The van der Waals surface area contributed by atoms with E-state index in [0.717, 1.165) is 22.4 Å². The molecule has 1 aliphatic heterocycles. The fourth-order valence-corrected chi connectivity index (χ4v) is 4.26. The van der Waals surface area contributed by atoms with Gasteiger partial charge in [0.2, 0.25) is 0 Å². The third kappa shape index (κ3) is 3.10. The van der Waals surface area contributed by atoms with Crippen molar-refractivity contribution in [1.29, 1.82) is 0 Å². The van der Waals surface area contributed by atoms with Crippen LogP contribution in [0.15, 0.2) is 48.1 Å². The van der Waals surface area contributed by atoms with E-state index in [-0.39, 0.29) is 0 Å². The number of anilines is 1. The zero-order chi connectivity index (χ0) is 20.0. The molecule has 7 nitrogen and oxygen atoms in total. The molecule has 0 radical (unpaired) electrons. The predicted octanol–water partition coefficient (Wildman–Crippen LogP) is 3.29. The number of pyridine rings is 1. The van der Waals surface area contributed by atoms with Crippen LogP contribution >= 0.6 is 11.3 Å². The van der Waals surface area contributed by atoms with Gasteiger partial charge in [-0.3, -0.25) is 4.79 Å². The lowest BCUT2D eigenvalue weighted by molar-refractivity contribution is 0.00807. The van der Waals surface area contributed by atoms with Crippen LogP contribution in [0.3, 0.4) is 0 Å². The molecular formula is C21H19N5O2S. The number of carbonyl (C=O) groups is 1. The summed E-state index contributed by atoms with van der Waals surface area (Å²) < 4.78 is 1.71. The second-order valence-corrected chi connectivity index (χ2v) is 8.26. The molecule has 1 N–H and O–H groups in total. The molecule has 0 aliphatic carbocycles. The summed E-state index contributed by atoms with van der Waals surface area (Å²) in [6.45, 7) is 2.98. The van der Waals surface area contributed by atoms with Crippen molar-refractivity contribution in [2.24, 2.45) is 0 Å². The molecule has 29 heavy (non-hydrogen) atoms. The maximum absolute atomic E-state index is 11.5. The highest BCUT2D eigenvalue weighted by Gasteiger charge is 2.40. The summed E-state index contributed by atoms with van der Waals surface area (Å²) in [6, 6.07) is 9.46. The molecule has 5 heterocycles. The van der Waals surface area contributed by atoms with Crippen molar-refractivity contribution >= 4 is 29.1 Å². The molecule has 1 saturated heterocycles. The number of thiophene rings is 1. The van der Waals surface area contributed by atoms with Gasteiger partial charge in [-0.25, -0.2) is 14.5 Å². The minimum atomic E-state index is -0.680. The van der Waals surface area contributed by atoms with Gasteiger partial charge in [0.15, 0.2) is 5.65 Å². The zero-order valence-corrected chi connectivity index (χ0v) is 16.6. The Morgan fingerprint density at radius 1 is 1.24 bits per heavy atom. The number of hydrogen-bond donors (Lipinski definition) is 1. The summed E-state index contributed by atoms with van der Waals surface area (Å²) in [5, 5.41) is 16.7. The summed E-state index contributed by atoms with van der Waals surface area (Å²) in [4.78, 5) is 24.1. The molecule has 0 bridgehead atoms. The lowest BCUT2D eigenvalue weighted by atomic mass is 9.91. The molecule has 146 valence electrons. The molecule has 8 heteroatoms.